The van der Waals surface area contributed by atoms with Crippen molar-refractivity contribution in [1.29, 1.82) is 0 Å². The molecule has 6 nitrogen and oxygen atoms in total. The van der Waals surface area contributed by atoms with Crippen LogP contribution in [0.4, 0.5) is 26.2 Å². The van der Waals surface area contributed by atoms with Gasteiger partial charge in [-0.25, -0.2) is 8.78 Å². The lowest BCUT2D eigenvalue weighted by atomic mass is 9.84. The van der Waals surface area contributed by atoms with Crippen molar-refractivity contribution in [1.82, 2.24) is 10.2 Å². The van der Waals surface area contributed by atoms with Crippen molar-refractivity contribution in [2.75, 3.05) is 10.6 Å². The van der Waals surface area contributed by atoms with Crippen LogP contribution in [0.2, 0.25) is 0 Å². The first-order valence-corrected chi connectivity index (χ1v) is 9.55. The Balaban J connectivity index is 1.38. The summed E-state index contributed by atoms with van der Waals surface area (Å²) in [5.74, 6) is -2.18. The molecule has 2 N–H and O–H groups in total. The largest absolute Gasteiger partial charge is 0.399 e. The average molecular weight is 398 g/mol. The summed E-state index contributed by atoms with van der Waals surface area (Å²) < 4.78 is 31.5. The molecular weight excluding hydrogens is 378 g/mol. The zero-order chi connectivity index (χ0) is 20.2. The van der Waals surface area contributed by atoms with Gasteiger partial charge in [0.1, 0.15) is 0 Å². The summed E-state index contributed by atoms with van der Waals surface area (Å²) in [5, 5.41) is 12.7. The molecule has 1 aliphatic rings. The number of hydrogen-bond donors (Lipinski definition) is 2. The highest BCUT2D eigenvalue weighted by Crippen LogP contribution is 2.33. The Morgan fingerprint density at radius 1 is 0.931 bits per heavy atom. The molecule has 0 spiro atoms. The van der Waals surface area contributed by atoms with Crippen molar-refractivity contribution in [3.63, 3.8) is 0 Å². The fraction of sp³-hybridized carbons (Fsp3) is 0.286. The molecule has 1 amide bonds. The highest BCUT2D eigenvalue weighted by Gasteiger charge is 2.17. The number of amides is 1. The molecule has 1 fully saturated rings. The number of rotatable bonds is 5. The van der Waals surface area contributed by atoms with Gasteiger partial charge in [-0.05, 0) is 48.6 Å². The Bertz CT molecular complexity index is 998. The molecular formula is C21H20F2N4O2. The van der Waals surface area contributed by atoms with E-state index in [1.165, 1.54) is 43.7 Å². The number of halogens is 2. The molecule has 1 aliphatic carbocycles. The second kappa shape index (κ2) is 8.38. The Kier molecular flexibility index (Phi) is 5.50. The van der Waals surface area contributed by atoms with E-state index < -0.39 is 17.5 Å². The Hall–Kier alpha value is -3.29. The van der Waals surface area contributed by atoms with Gasteiger partial charge in [0.15, 0.2) is 11.6 Å². The molecule has 0 atom stereocenters. The highest BCUT2D eigenvalue weighted by atomic mass is 19.2. The second-order valence-corrected chi connectivity index (χ2v) is 7.08. The lowest BCUT2D eigenvalue weighted by molar-refractivity contribution is 0.0991. The molecule has 29 heavy (non-hydrogen) atoms. The van der Waals surface area contributed by atoms with Crippen LogP contribution in [-0.4, -0.2) is 16.1 Å². The van der Waals surface area contributed by atoms with Gasteiger partial charge >= 0.3 is 17.8 Å². The van der Waals surface area contributed by atoms with Crippen LogP contribution in [0.5, 0.6) is 0 Å². The monoisotopic (exact) mass is 398 g/mol. The zero-order valence-electron chi connectivity index (χ0n) is 15.6. The minimum atomic E-state index is -1.01. The zero-order valence-corrected chi connectivity index (χ0v) is 15.6. The number of nitrogens with one attached hydrogen (secondary N) is 2. The van der Waals surface area contributed by atoms with Crippen LogP contribution in [0.15, 0.2) is 46.9 Å². The lowest BCUT2D eigenvalue weighted by Gasteiger charge is -2.22. The van der Waals surface area contributed by atoms with Crippen molar-refractivity contribution in [2.45, 2.75) is 38.0 Å². The van der Waals surface area contributed by atoms with Gasteiger partial charge in [-0.1, -0.05) is 36.5 Å². The van der Waals surface area contributed by atoms with Gasteiger partial charge < -0.3 is 15.1 Å². The standard InChI is InChI=1S/C21H20F2N4O2/c22-17-11-10-16(12-18(17)23)25-21-27-26-20(29-21)19(28)24-15-8-6-14(7-9-15)13-4-2-1-3-5-13/h6-13H,1-5H2,(H,24,28)(H,25,27). The van der Waals surface area contributed by atoms with Crippen LogP contribution >= 0.6 is 0 Å². The summed E-state index contributed by atoms with van der Waals surface area (Å²) in [5.41, 5.74) is 2.14. The van der Waals surface area contributed by atoms with Crippen LogP contribution in [0, 0.1) is 11.6 Å². The summed E-state index contributed by atoms with van der Waals surface area (Å²) in [4.78, 5) is 12.3. The molecule has 0 saturated heterocycles. The van der Waals surface area contributed by atoms with Crippen LogP contribution in [0.1, 0.15) is 54.3 Å². The van der Waals surface area contributed by atoms with Crippen LogP contribution in [-0.2, 0) is 0 Å². The Morgan fingerprint density at radius 2 is 1.66 bits per heavy atom. The number of anilines is 3. The smallest absolute Gasteiger partial charge is 0.320 e. The maximum absolute atomic E-state index is 13.3. The van der Waals surface area contributed by atoms with Gasteiger partial charge in [-0.15, -0.1) is 5.10 Å². The molecule has 4 rings (SSSR count). The number of benzene rings is 2. The molecule has 0 aliphatic heterocycles. The van der Waals surface area contributed by atoms with E-state index in [2.05, 4.69) is 20.8 Å². The summed E-state index contributed by atoms with van der Waals surface area (Å²) in [6, 6.07) is 10.9. The summed E-state index contributed by atoms with van der Waals surface area (Å²) in [6.07, 6.45) is 6.26. The number of carbonyl (C=O) groups is 1. The average Bonchev–Trinajstić information content (AvgIpc) is 3.21. The van der Waals surface area contributed by atoms with Gasteiger partial charge in [-0.2, -0.15) is 0 Å². The minimum absolute atomic E-state index is 0.103. The quantitative estimate of drug-likeness (QED) is 0.602. The molecule has 3 aromatic rings. The van der Waals surface area contributed by atoms with Crippen molar-refractivity contribution in [3.8, 4) is 0 Å². The Labute approximate surface area is 166 Å². The summed E-state index contributed by atoms with van der Waals surface area (Å²) >= 11 is 0. The van der Waals surface area contributed by atoms with E-state index in [1.54, 1.807) is 0 Å². The maximum atomic E-state index is 13.3. The number of aromatic nitrogens is 2. The topological polar surface area (TPSA) is 80.0 Å². The number of nitrogens with zero attached hydrogens (tertiary/aromatic N) is 2. The molecule has 0 unspecified atom stereocenters. The van der Waals surface area contributed by atoms with E-state index in [-0.39, 0.29) is 17.6 Å². The fourth-order valence-electron chi connectivity index (χ4n) is 3.52. The minimum Gasteiger partial charge on any atom is -0.399 e. The van der Waals surface area contributed by atoms with E-state index in [9.17, 15) is 13.6 Å². The second-order valence-electron chi connectivity index (χ2n) is 7.08. The van der Waals surface area contributed by atoms with E-state index in [4.69, 9.17) is 4.42 Å². The highest BCUT2D eigenvalue weighted by molar-refractivity contribution is 6.00. The normalized spacial score (nSPS) is 14.6. The van der Waals surface area contributed by atoms with Gasteiger partial charge in [0.05, 0.1) is 0 Å². The van der Waals surface area contributed by atoms with Crippen molar-refractivity contribution in [2.24, 2.45) is 0 Å². The van der Waals surface area contributed by atoms with Gasteiger partial charge in [0, 0.05) is 17.4 Å². The fourth-order valence-corrected chi connectivity index (χ4v) is 3.52. The van der Waals surface area contributed by atoms with Crippen molar-refractivity contribution in [3.05, 3.63) is 65.6 Å². The molecule has 0 bridgehead atoms. The molecule has 8 heteroatoms. The Morgan fingerprint density at radius 3 is 2.38 bits per heavy atom. The third-order valence-electron chi connectivity index (χ3n) is 5.04. The SMILES string of the molecule is O=C(Nc1ccc(C2CCCCC2)cc1)c1nnc(Nc2ccc(F)c(F)c2)o1. The maximum Gasteiger partial charge on any atom is 0.320 e. The first kappa shape index (κ1) is 19.0. The van der Waals surface area contributed by atoms with Crippen molar-refractivity contribution < 1.29 is 18.0 Å². The number of carbonyl (C=O) groups excluding carboxylic acids is 1. The van der Waals surface area contributed by atoms with E-state index >= 15 is 0 Å². The van der Waals surface area contributed by atoms with E-state index in [0.29, 0.717) is 11.6 Å². The lowest BCUT2D eigenvalue weighted by Crippen LogP contribution is -2.12. The third-order valence-corrected chi connectivity index (χ3v) is 5.04. The predicted octanol–water partition coefficient (Wildman–Crippen LogP) is 5.39. The van der Waals surface area contributed by atoms with Gasteiger partial charge in [0.2, 0.25) is 0 Å². The molecule has 2 aromatic carbocycles. The molecule has 1 saturated carbocycles. The van der Waals surface area contributed by atoms with Gasteiger partial charge in [0.25, 0.3) is 0 Å². The first-order valence-electron chi connectivity index (χ1n) is 9.55. The molecule has 1 aromatic heterocycles. The van der Waals surface area contributed by atoms with Crippen LogP contribution in [0.25, 0.3) is 0 Å². The van der Waals surface area contributed by atoms with E-state index in [0.717, 1.165) is 12.1 Å². The molecule has 150 valence electrons. The van der Waals surface area contributed by atoms with Crippen LogP contribution in [0.3, 0.4) is 0 Å². The summed E-state index contributed by atoms with van der Waals surface area (Å²) in [6.45, 7) is 0. The third kappa shape index (κ3) is 4.59. The van der Waals surface area contributed by atoms with Gasteiger partial charge in [-0.3, -0.25) is 4.79 Å². The van der Waals surface area contributed by atoms with Crippen molar-refractivity contribution >= 4 is 23.3 Å². The predicted molar refractivity (Wildman–Crippen MR) is 104 cm³/mol. The number of hydrogen-bond acceptors (Lipinski definition) is 5. The first-order chi connectivity index (χ1) is 14.1. The summed E-state index contributed by atoms with van der Waals surface area (Å²) in [7, 11) is 0. The molecule has 1 heterocycles. The molecule has 0 radical (unpaired) electrons. The van der Waals surface area contributed by atoms with Crippen LogP contribution < -0.4 is 10.6 Å². The van der Waals surface area contributed by atoms with E-state index in [1.807, 2.05) is 24.3 Å².